The van der Waals surface area contributed by atoms with Crippen molar-refractivity contribution in [2.75, 3.05) is 19.0 Å². The summed E-state index contributed by atoms with van der Waals surface area (Å²) < 4.78 is 11.1. The monoisotopic (exact) mass is 983 g/mol. The van der Waals surface area contributed by atoms with Crippen molar-refractivity contribution in [1.29, 1.82) is 0 Å². The van der Waals surface area contributed by atoms with Crippen molar-refractivity contribution in [3.05, 3.63) is 70.9 Å². The maximum atomic E-state index is 13.3. The number of aromatic nitrogens is 2. The summed E-state index contributed by atoms with van der Waals surface area (Å²) in [6.07, 6.45) is 21.5. The fourth-order valence-electron chi connectivity index (χ4n) is 16.1. The number of nitrogens with one attached hydrogen (secondary N) is 3. The summed E-state index contributed by atoms with van der Waals surface area (Å²) in [5, 5.41) is 34.9. The van der Waals surface area contributed by atoms with E-state index in [-0.39, 0.29) is 34.1 Å². The molecule has 0 unspecified atom stereocenters. The molecule has 0 bridgehead atoms. The van der Waals surface area contributed by atoms with Crippen molar-refractivity contribution in [2.24, 2.45) is 46.3 Å². The molecular formula is C60H78N4O8. The van der Waals surface area contributed by atoms with Gasteiger partial charge in [-0.15, -0.1) is 0 Å². The molecule has 0 radical (unpaired) electrons. The number of fused-ring (bicyclic) bond motifs is 11. The van der Waals surface area contributed by atoms with Gasteiger partial charge in [0, 0.05) is 53.6 Å². The molecule has 2 amide bonds. The summed E-state index contributed by atoms with van der Waals surface area (Å²) in [4.78, 5) is 51.8. The lowest BCUT2D eigenvalue weighted by atomic mass is 9.54. The number of benzene rings is 3. The molecule has 11 rings (SSSR count). The summed E-state index contributed by atoms with van der Waals surface area (Å²) in [7, 11) is 1.61. The van der Waals surface area contributed by atoms with Gasteiger partial charge in [-0.25, -0.2) is 0 Å². The van der Waals surface area contributed by atoms with Crippen molar-refractivity contribution in [1.82, 2.24) is 15.5 Å². The van der Waals surface area contributed by atoms with Crippen LogP contribution in [0.15, 0.2) is 48.7 Å². The molecule has 5 saturated carbocycles. The lowest BCUT2D eigenvalue weighted by molar-refractivity contribution is -0.130. The largest absolute Gasteiger partial charge is 0.504 e. The van der Waals surface area contributed by atoms with E-state index in [0.717, 1.165) is 106 Å². The van der Waals surface area contributed by atoms with Crippen LogP contribution in [0.1, 0.15) is 177 Å². The van der Waals surface area contributed by atoms with Crippen LogP contribution in [-0.2, 0) is 32.0 Å². The Bertz CT molecular complexity index is 2670. The summed E-state index contributed by atoms with van der Waals surface area (Å²) in [5.74, 6) is 5.83. The van der Waals surface area contributed by atoms with Crippen LogP contribution in [0, 0.1) is 46.3 Å². The standard InChI is InChI=1S/C31H37N3O4.C29H41NO4/c1-3-38-27-16-24-18(13-26(27)35)8-10-23-22(24)11-12-31(2)28(36)14-19(30(23)31)5-4-6-29(37)33-21-9-7-20-17-32-34-25(20)15-21;1-29-14-13-21-22(12-11-18-15-24(31)25(34-2)17-23(18)21)28(29)19(16-26(29)32)7-6-10-27(33)30-20-8-4-3-5-9-20/h7,9,13,15-17,19,22-23,30,35H,3-6,8,10-12,14H2,1-2H3,(H,32,34)(H,33,37);15,17,19-22,28,31H,3-14,16H2,1-2H3,(H,30,33)/t19-,22-,23+,30-,31+;19-,21-,22+,28-,29+/m00/s1. The summed E-state index contributed by atoms with van der Waals surface area (Å²) in [6, 6.07) is 14.0. The Balaban J connectivity index is 0.000000167. The van der Waals surface area contributed by atoms with Gasteiger partial charge >= 0.3 is 0 Å². The molecule has 7 aliphatic carbocycles. The number of methoxy groups -OCH3 is 1. The van der Waals surface area contributed by atoms with E-state index in [0.29, 0.717) is 109 Å². The molecule has 10 atom stereocenters. The molecule has 4 aromatic rings. The number of ether oxygens (including phenoxy) is 2. The Morgan fingerprint density at radius 1 is 0.736 bits per heavy atom. The average molecular weight is 983 g/mol. The number of rotatable bonds is 13. The highest BCUT2D eigenvalue weighted by Gasteiger charge is 2.60. The van der Waals surface area contributed by atoms with Crippen LogP contribution < -0.4 is 20.1 Å². The van der Waals surface area contributed by atoms with Gasteiger partial charge in [0.15, 0.2) is 23.0 Å². The van der Waals surface area contributed by atoms with Crippen LogP contribution >= 0.6 is 0 Å². The van der Waals surface area contributed by atoms with Gasteiger partial charge in [-0.05, 0) is 209 Å². The van der Waals surface area contributed by atoms with E-state index < -0.39 is 0 Å². The molecule has 7 aliphatic rings. The molecule has 72 heavy (non-hydrogen) atoms. The van der Waals surface area contributed by atoms with Gasteiger partial charge in [0.1, 0.15) is 11.6 Å². The molecule has 5 fully saturated rings. The van der Waals surface area contributed by atoms with Crippen LogP contribution in [0.2, 0.25) is 0 Å². The van der Waals surface area contributed by atoms with E-state index in [1.54, 1.807) is 13.3 Å². The molecule has 0 aliphatic heterocycles. The van der Waals surface area contributed by atoms with Crippen molar-refractivity contribution in [2.45, 2.75) is 173 Å². The minimum absolute atomic E-state index is 0.00678. The van der Waals surface area contributed by atoms with Gasteiger partial charge < -0.3 is 30.3 Å². The maximum absolute atomic E-state index is 13.3. The predicted octanol–water partition coefficient (Wildman–Crippen LogP) is 11.8. The number of nitrogens with zero attached hydrogens (tertiary/aromatic N) is 1. The van der Waals surface area contributed by atoms with Gasteiger partial charge in [-0.3, -0.25) is 24.3 Å². The molecule has 12 nitrogen and oxygen atoms in total. The van der Waals surface area contributed by atoms with E-state index in [1.165, 1.54) is 41.5 Å². The molecule has 3 aromatic carbocycles. The predicted molar refractivity (Wildman–Crippen MR) is 278 cm³/mol. The summed E-state index contributed by atoms with van der Waals surface area (Å²) in [5.41, 5.74) is 6.28. The number of aryl methyl sites for hydroxylation is 2. The Morgan fingerprint density at radius 3 is 1.89 bits per heavy atom. The third kappa shape index (κ3) is 9.65. The summed E-state index contributed by atoms with van der Waals surface area (Å²) in [6.45, 7) is 6.87. The first-order chi connectivity index (χ1) is 34.8. The first kappa shape index (κ1) is 50.2. The number of phenolic OH excluding ortho intramolecular Hbond substituents is 2. The molecule has 1 heterocycles. The number of phenols is 2. The first-order valence-electron chi connectivity index (χ1n) is 27.7. The number of ketones is 2. The van der Waals surface area contributed by atoms with E-state index in [1.807, 2.05) is 43.3 Å². The second-order valence-electron chi connectivity index (χ2n) is 23.4. The van der Waals surface area contributed by atoms with Crippen LogP contribution in [0.25, 0.3) is 10.9 Å². The van der Waals surface area contributed by atoms with Crippen molar-refractivity contribution < 1.29 is 38.9 Å². The average Bonchev–Trinajstić information content (AvgIpc) is 4.02. The lowest BCUT2D eigenvalue weighted by Gasteiger charge is -2.50. The zero-order chi connectivity index (χ0) is 50.3. The molecule has 0 saturated heterocycles. The van der Waals surface area contributed by atoms with Crippen LogP contribution in [-0.4, -0.2) is 63.5 Å². The normalized spacial score (nSPS) is 30.4. The molecular weight excluding hydrogens is 905 g/mol. The maximum Gasteiger partial charge on any atom is 0.224 e. The number of carbonyl (C=O) groups excluding carboxylic acids is 4. The van der Waals surface area contributed by atoms with E-state index >= 15 is 0 Å². The number of anilines is 1. The van der Waals surface area contributed by atoms with Crippen molar-refractivity contribution in [3.8, 4) is 23.0 Å². The number of aromatic amines is 1. The Morgan fingerprint density at radius 2 is 1.31 bits per heavy atom. The van der Waals surface area contributed by atoms with E-state index in [2.05, 4.69) is 40.7 Å². The topological polar surface area (TPSA) is 180 Å². The number of H-pyrrole nitrogens is 1. The Labute approximate surface area is 425 Å². The number of hydrogen-bond donors (Lipinski definition) is 5. The lowest BCUT2D eigenvalue weighted by Crippen LogP contribution is -2.44. The Hall–Kier alpha value is -5.39. The smallest absolute Gasteiger partial charge is 0.224 e. The highest BCUT2D eigenvalue weighted by molar-refractivity contribution is 5.93. The van der Waals surface area contributed by atoms with Gasteiger partial charge in [-0.1, -0.05) is 33.1 Å². The second kappa shape index (κ2) is 20.9. The Kier molecular flexibility index (Phi) is 14.5. The van der Waals surface area contributed by atoms with Gasteiger partial charge in [-0.2, -0.15) is 5.10 Å². The molecule has 12 heteroatoms. The third-order valence-electron chi connectivity index (χ3n) is 19.5. The minimum atomic E-state index is -0.259. The van der Waals surface area contributed by atoms with Gasteiger partial charge in [0.25, 0.3) is 0 Å². The zero-order valence-corrected chi connectivity index (χ0v) is 43.2. The van der Waals surface area contributed by atoms with Crippen molar-refractivity contribution in [3.63, 3.8) is 0 Å². The quantitative estimate of drug-likeness (QED) is 0.0871. The third-order valence-corrected chi connectivity index (χ3v) is 19.5. The molecule has 386 valence electrons. The van der Waals surface area contributed by atoms with Crippen LogP contribution in [0.5, 0.6) is 23.0 Å². The minimum Gasteiger partial charge on any atom is -0.504 e. The number of carbonyl (C=O) groups is 4. The van der Waals surface area contributed by atoms with Gasteiger partial charge in [0.05, 0.1) is 25.4 Å². The fraction of sp³-hybridized carbons (Fsp3) is 0.617. The zero-order valence-electron chi connectivity index (χ0n) is 43.2. The van der Waals surface area contributed by atoms with Crippen molar-refractivity contribution >= 4 is 40.0 Å². The SMILES string of the molecule is CCOc1cc2c(cc1O)CC[C@H]1[C@@H]3[C@@H](CCCC(=O)Nc4ccc5cn[nH]c5c4)CC(=O)[C@@]3(C)CC[C@H]21.COc1cc2c(cc1O)CC[C@H]1[C@@H]3[C@@H](CCCC(=O)NC4CCCCC4)CC(=O)[C@@]3(C)CC[C@H]21. The number of hydrogen-bond acceptors (Lipinski definition) is 9. The highest BCUT2D eigenvalue weighted by atomic mass is 16.5. The van der Waals surface area contributed by atoms with E-state index in [4.69, 9.17) is 9.47 Å². The first-order valence-corrected chi connectivity index (χ1v) is 27.7. The van der Waals surface area contributed by atoms with Gasteiger partial charge in [0.2, 0.25) is 11.8 Å². The molecule has 5 N–H and O–H groups in total. The fourth-order valence-corrected chi connectivity index (χ4v) is 16.1. The number of aromatic hydroxyl groups is 2. The number of amides is 2. The highest BCUT2D eigenvalue weighted by Crippen LogP contribution is 2.64. The molecule has 0 spiro atoms. The second-order valence-corrected chi connectivity index (χ2v) is 23.4. The summed E-state index contributed by atoms with van der Waals surface area (Å²) >= 11 is 0. The van der Waals surface area contributed by atoms with Crippen LogP contribution in [0.4, 0.5) is 5.69 Å². The number of Topliss-reactive ketones (excluding diaryl/α,β-unsaturated/α-hetero) is 2. The van der Waals surface area contributed by atoms with Crippen LogP contribution in [0.3, 0.4) is 0 Å². The molecule has 1 aromatic heterocycles. The van der Waals surface area contributed by atoms with E-state index in [9.17, 15) is 29.4 Å².